The molecule has 0 aromatic heterocycles. The van der Waals surface area contributed by atoms with Gasteiger partial charge in [-0.1, -0.05) is 6.07 Å². The zero-order valence-corrected chi connectivity index (χ0v) is 19.7. The second-order valence-electron chi connectivity index (χ2n) is 9.14. The zero-order chi connectivity index (χ0) is 28.5. The van der Waals surface area contributed by atoms with E-state index in [1.807, 2.05) is 0 Å². The lowest BCUT2D eigenvalue weighted by molar-refractivity contribution is -0.308. The molecule has 1 unspecified atom stereocenters. The number of carbonyl (C=O) groups excluding carboxylic acids is 1. The Kier molecular flexibility index (Phi) is 8.75. The molecule has 16 heteroatoms. The van der Waals surface area contributed by atoms with Crippen LogP contribution < -0.4 is 0 Å². The minimum atomic E-state index is -5.84. The van der Waals surface area contributed by atoms with Crippen LogP contribution in [0.5, 0.6) is 0 Å². The van der Waals surface area contributed by atoms with Gasteiger partial charge in [0.15, 0.2) is 0 Å². The number of aliphatic carboxylic acids is 1. The van der Waals surface area contributed by atoms with Crippen molar-refractivity contribution in [1.29, 1.82) is 0 Å². The van der Waals surface area contributed by atoms with Crippen molar-refractivity contribution in [2.75, 3.05) is 45.8 Å². The summed E-state index contributed by atoms with van der Waals surface area (Å²) in [5, 5.41) is 9.00. The Morgan fingerprint density at radius 2 is 1.53 bits per heavy atom. The van der Waals surface area contributed by atoms with Crippen LogP contribution in [0.3, 0.4) is 0 Å². The van der Waals surface area contributed by atoms with E-state index in [1.165, 1.54) is 6.07 Å². The van der Waals surface area contributed by atoms with Crippen molar-refractivity contribution in [1.82, 2.24) is 14.7 Å². The van der Waals surface area contributed by atoms with Gasteiger partial charge in [-0.05, 0) is 42.1 Å². The fourth-order valence-electron chi connectivity index (χ4n) is 4.54. The number of alkyl halides is 9. The third kappa shape index (κ3) is 7.65. The standard InChI is InChI=1S/C22H24F9N3O4/c23-20(24,25)15-2-1-13(16(9-15)14-3-4-33(11-14)12-17(35)36)10-32-5-7-34(8-6-32)19(37)38-18(21(26,27)28)22(29,30)31/h1-2,9,14,18H,3-8,10-12H2,(H,35,36). The van der Waals surface area contributed by atoms with Crippen molar-refractivity contribution < 1.29 is 58.9 Å². The van der Waals surface area contributed by atoms with Crippen LogP contribution in [0.15, 0.2) is 18.2 Å². The lowest BCUT2D eigenvalue weighted by Crippen LogP contribution is -2.52. The minimum Gasteiger partial charge on any atom is -0.480 e. The van der Waals surface area contributed by atoms with Gasteiger partial charge in [0, 0.05) is 39.3 Å². The predicted molar refractivity (Wildman–Crippen MR) is 112 cm³/mol. The van der Waals surface area contributed by atoms with E-state index in [9.17, 15) is 49.1 Å². The Balaban J connectivity index is 1.68. The van der Waals surface area contributed by atoms with Gasteiger partial charge >= 0.3 is 30.6 Å². The number of nitrogens with zero attached hydrogens (tertiary/aromatic N) is 3. The van der Waals surface area contributed by atoms with Gasteiger partial charge in [-0.2, -0.15) is 39.5 Å². The number of amides is 1. The number of hydrogen-bond donors (Lipinski definition) is 1. The zero-order valence-electron chi connectivity index (χ0n) is 19.7. The van der Waals surface area contributed by atoms with Gasteiger partial charge in [-0.25, -0.2) is 4.79 Å². The summed E-state index contributed by atoms with van der Waals surface area (Å²) in [5.41, 5.74) is 0.0301. The van der Waals surface area contributed by atoms with E-state index < -0.39 is 42.3 Å². The summed E-state index contributed by atoms with van der Waals surface area (Å²) in [6.07, 6.45) is -21.9. The van der Waals surface area contributed by atoms with Gasteiger partial charge in [0.2, 0.25) is 0 Å². The molecule has 214 valence electrons. The monoisotopic (exact) mass is 565 g/mol. The summed E-state index contributed by atoms with van der Waals surface area (Å²) >= 11 is 0. The van der Waals surface area contributed by atoms with Gasteiger partial charge < -0.3 is 14.7 Å². The van der Waals surface area contributed by atoms with Crippen LogP contribution in [0.4, 0.5) is 44.3 Å². The minimum absolute atomic E-state index is 0.0219. The van der Waals surface area contributed by atoms with E-state index >= 15 is 0 Å². The molecule has 1 atom stereocenters. The lowest BCUT2D eigenvalue weighted by atomic mass is 9.91. The third-order valence-corrected chi connectivity index (χ3v) is 6.38. The quantitative estimate of drug-likeness (QED) is 0.518. The molecule has 2 aliphatic heterocycles. The molecule has 38 heavy (non-hydrogen) atoms. The normalized spacial score (nSPS) is 20.3. The number of ether oxygens (including phenoxy) is 1. The van der Waals surface area contributed by atoms with Crippen LogP contribution in [-0.4, -0.2) is 96.1 Å². The van der Waals surface area contributed by atoms with Gasteiger partial charge in [-0.15, -0.1) is 0 Å². The largest absolute Gasteiger partial charge is 0.480 e. The summed E-state index contributed by atoms with van der Waals surface area (Å²) < 4.78 is 120. The molecule has 1 N–H and O–H groups in total. The summed E-state index contributed by atoms with van der Waals surface area (Å²) in [5.74, 6) is -1.44. The van der Waals surface area contributed by atoms with E-state index in [4.69, 9.17) is 5.11 Å². The van der Waals surface area contributed by atoms with Crippen LogP contribution in [0.1, 0.15) is 29.0 Å². The molecule has 0 saturated carbocycles. The average Bonchev–Trinajstić information content (AvgIpc) is 3.23. The highest BCUT2D eigenvalue weighted by molar-refractivity contribution is 5.69. The Hall–Kier alpha value is -2.75. The Bertz CT molecular complexity index is 991. The molecule has 2 aliphatic rings. The maximum atomic E-state index is 13.4. The van der Waals surface area contributed by atoms with Crippen LogP contribution in [0.25, 0.3) is 0 Å². The van der Waals surface area contributed by atoms with Crippen molar-refractivity contribution in [3.63, 3.8) is 0 Å². The molecule has 2 heterocycles. The predicted octanol–water partition coefficient (Wildman–Crippen LogP) is 4.33. The van der Waals surface area contributed by atoms with Gasteiger partial charge in [0.25, 0.3) is 6.10 Å². The molecule has 3 rings (SSSR count). The van der Waals surface area contributed by atoms with Crippen molar-refractivity contribution in [3.05, 3.63) is 34.9 Å². The molecule has 1 aromatic carbocycles. The molecular formula is C22H24F9N3O4. The highest BCUT2D eigenvalue weighted by Crippen LogP contribution is 2.37. The Morgan fingerprint density at radius 1 is 0.921 bits per heavy atom. The maximum absolute atomic E-state index is 13.4. The number of carbonyl (C=O) groups is 2. The second kappa shape index (κ2) is 11.2. The molecule has 2 fully saturated rings. The number of likely N-dealkylation sites (tertiary alicyclic amines) is 1. The Labute approximate surface area is 210 Å². The lowest BCUT2D eigenvalue weighted by Gasteiger charge is -2.35. The number of hydrogen-bond acceptors (Lipinski definition) is 5. The summed E-state index contributed by atoms with van der Waals surface area (Å²) in [6.45, 7) is -0.00174. The Morgan fingerprint density at radius 3 is 2.05 bits per heavy atom. The van der Waals surface area contributed by atoms with Crippen LogP contribution >= 0.6 is 0 Å². The molecule has 0 bridgehead atoms. The fraction of sp³-hybridized carbons (Fsp3) is 0.636. The molecule has 0 radical (unpaired) electrons. The molecule has 1 amide bonds. The van der Waals surface area contributed by atoms with E-state index in [-0.39, 0.29) is 51.7 Å². The highest BCUT2D eigenvalue weighted by atomic mass is 19.4. The molecule has 7 nitrogen and oxygen atoms in total. The smallest absolute Gasteiger partial charge is 0.434 e. The number of benzene rings is 1. The number of carboxylic acids is 1. The van der Waals surface area contributed by atoms with Gasteiger partial charge in [0.1, 0.15) is 0 Å². The molecule has 2 saturated heterocycles. The average molecular weight is 565 g/mol. The van der Waals surface area contributed by atoms with E-state index in [0.29, 0.717) is 29.0 Å². The van der Waals surface area contributed by atoms with Crippen LogP contribution in [-0.2, 0) is 22.3 Å². The summed E-state index contributed by atoms with van der Waals surface area (Å²) in [6, 6.07) is 3.23. The molecular weight excluding hydrogens is 541 g/mol. The number of rotatable bonds is 6. The first kappa shape index (κ1) is 29.8. The number of halogens is 9. The topological polar surface area (TPSA) is 73.3 Å². The number of piperazine rings is 1. The second-order valence-corrected chi connectivity index (χ2v) is 9.14. The summed E-state index contributed by atoms with van der Waals surface area (Å²) in [7, 11) is 0. The first-order chi connectivity index (χ1) is 17.4. The highest BCUT2D eigenvalue weighted by Gasteiger charge is 2.60. The molecule has 1 aromatic rings. The van der Waals surface area contributed by atoms with Crippen molar-refractivity contribution >= 4 is 12.1 Å². The van der Waals surface area contributed by atoms with E-state index in [1.54, 1.807) is 9.80 Å². The maximum Gasteiger partial charge on any atom is 0.434 e. The SMILES string of the molecule is O=C(O)CN1CCC(c2cc(C(F)(F)F)ccc2CN2CCN(C(=O)OC(C(F)(F)F)C(F)(F)F)CC2)C1. The van der Waals surface area contributed by atoms with Gasteiger partial charge in [0.05, 0.1) is 12.1 Å². The first-order valence-electron chi connectivity index (χ1n) is 11.4. The van der Waals surface area contributed by atoms with E-state index in [0.717, 1.165) is 12.1 Å². The molecule has 0 aliphatic carbocycles. The van der Waals surface area contributed by atoms with Crippen molar-refractivity contribution in [2.24, 2.45) is 0 Å². The van der Waals surface area contributed by atoms with Crippen LogP contribution in [0.2, 0.25) is 0 Å². The van der Waals surface area contributed by atoms with E-state index in [2.05, 4.69) is 4.74 Å². The van der Waals surface area contributed by atoms with Gasteiger partial charge in [-0.3, -0.25) is 14.6 Å². The molecule has 0 spiro atoms. The summed E-state index contributed by atoms with van der Waals surface area (Å²) in [4.78, 5) is 27.0. The fourth-order valence-corrected chi connectivity index (χ4v) is 4.54. The van der Waals surface area contributed by atoms with Crippen molar-refractivity contribution in [2.45, 2.75) is 43.5 Å². The third-order valence-electron chi connectivity index (χ3n) is 6.38. The van der Waals surface area contributed by atoms with Crippen molar-refractivity contribution in [3.8, 4) is 0 Å². The first-order valence-corrected chi connectivity index (χ1v) is 11.4. The number of carboxylic acid groups (broad SMARTS) is 1. The van der Waals surface area contributed by atoms with Crippen LogP contribution in [0, 0.1) is 0 Å².